The Bertz CT molecular complexity index is 227. The molecule has 1 atom stereocenters. The molecule has 0 amide bonds. The maximum atomic E-state index is 4.21. The van der Waals surface area contributed by atoms with E-state index < -0.39 is 0 Å². The van der Waals surface area contributed by atoms with Crippen LogP contribution in [0.2, 0.25) is 0 Å². The third-order valence-corrected chi connectivity index (χ3v) is 3.15. The van der Waals surface area contributed by atoms with Gasteiger partial charge in [0.15, 0.2) is 5.96 Å². The van der Waals surface area contributed by atoms with Crippen LogP contribution < -0.4 is 10.6 Å². The van der Waals surface area contributed by atoms with Gasteiger partial charge in [0.1, 0.15) is 0 Å². The molecule has 1 rings (SSSR count). The topological polar surface area (TPSA) is 39.7 Å². The van der Waals surface area contributed by atoms with E-state index in [0.717, 1.165) is 25.5 Å². The molecule has 0 aromatic carbocycles. The lowest BCUT2D eigenvalue weighted by Crippen LogP contribution is -2.41. The Morgan fingerprint density at radius 3 is 2.50 bits per heavy atom. The first-order valence-electron chi connectivity index (χ1n) is 6.93. The lowest BCUT2D eigenvalue weighted by molar-refractivity contribution is 0.287. The van der Waals surface area contributed by atoms with Crippen molar-refractivity contribution in [1.82, 2.24) is 15.5 Å². The molecule has 0 saturated carbocycles. The van der Waals surface area contributed by atoms with Gasteiger partial charge in [-0.2, -0.15) is 0 Å². The van der Waals surface area contributed by atoms with Crippen molar-refractivity contribution in [2.45, 2.75) is 33.1 Å². The van der Waals surface area contributed by atoms with Gasteiger partial charge in [-0.05, 0) is 38.3 Å². The van der Waals surface area contributed by atoms with Gasteiger partial charge in [0, 0.05) is 26.7 Å². The Balaban J connectivity index is 0.00000289. The van der Waals surface area contributed by atoms with Crippen molar-refractivity contribution in [3.8, 4) is 0 Å². The second-order valence-corrected chi connectivity index (χ2v) is 4.99. The van der Waals surface area contributed by atoms with Gasteiger partial charge >= 0.3 is 0 Å². The predicted octanol–water partition coefficient (Wildman–Crippen LogP) is 1.91. The van der Waals surface area contributed by atoms with Crippen LogP contribution in [0.3, 0.4) is 0 Å². The van der Waals surface area contributed by atoms with Crippen molar-refractivity contribution in [3.63, 3.8) is 0 Å². The van der Waals surface area contributed by atoms with Gasteiger partial charge in [0.2, 0.25) is 0 Å². The minimum atomic E-state index is 0. The summed E-state index contributed by atoms with van der Waals surface area (Å²) in [6.07, 6.45) is 3.88. The average Bonchev–Trinajstić information content (AvgIpc) is 2.82. The van der Waals surface area contributed by atoms with Crippen molar-refractivity contribution in [3.05, 3.63) is 0 Å². The molecule has 0 aromatic rings. The van der Waals surface area contributed by atoms with E-state index in [2.05, 4.69) is 34.4 Å². The zero-order valence-electron chi connectivity index (χ0n) is 12.0. The van der Waals surface area contributed by atoms with Crippen molar-refractivity contribution >= 4 is 29.9 Å². The Labute approximate surface area is 129 Å². The number of nitrogens with zero attached hydrogens (tertiary/aromatic N) is 2. The van der Waals surface area contributed by atoms with Crippen LogP contribution in [0.15, 0.2) is 4.99 Å². The second-order valence-electron chi connectivity index (χ2n) is 4.99. The van der Waals surface area contributed by atoms with Gasteiger partial charge in [-0.15, -0.1) is 24.0 Å². The summed E-state index contributed by atoms with van der Waals surface area (Å²) >= 11 is 0. The molecule has 0 aromatic heterocycles. The third-order valence-electron chi connectivity index (χ3n) is 3.15. The Morgan fingerprint density at radius 1 is 1.28 bits per heavy atom. The zero-order chi connectivity index (χ0) is 12.5. The number of halogens is 1. The first-order chi connectivity index (χ1) is 8.26. The average molecular weight is 368 g/mol. The summed E-state index contributed by atoms with van der Waals surface area (Å²) < 4.78 is 0. The number of rotatable bonds is 6. The minimum Gasteiger partial charge on any atom is -0.356 e. The predicted molar refractivity (Wildman–Crippen MR) is 89.9 cm³/mol. The third kappa shape index (κ3) is 7.41. The van der Waals surface area contributed by atoms with E-state index in [1.165, 1.54) is 32.5 Å². The van der Waals surface area contributed by atoms with Gasteiger partial charge < -0.3 is 15.5 Å². The number of aliphatic imine (C=N–C) groups is 1. The summed E-state index contributed by atoms with van der Waals surface area (Å²) in [4.78, 5) is 6.77. The minimum absolute atomic E-state index is 0. The molecule has 4 nitrogen and oxygen atoms in total. The summed E-state index contributed by atoms with van der Waals surface area (Å²) in [5.74, 6) is 1.60. The van der Waals surface area contributed by atoms with E-state index >= 15 is 0 Å². The van der Waals surface area contributed by atoms with E-state index in [4.69, 9.17) is 0 Å². The number of hydrogen-bond donors (Lipinski definition) is 2. The quantitative estimate of drug-likeness (QED) is 0.428. The molecular weight excluding hydrogens is 339 g/mol. The molecule has 18 heavy (non-hydrogen) atoms. The smallest absolute Gasteiger partial charge is 0.190 e. The van der Waals surface area contributed by atoms with Crippen molar-refractivity contribution in [1.29, 1.82) is 0 Å². The fourth-order valence-corrected chi connectivity index (χ4v) is 2.21. The molecule has 0 aliphatic carbocycles. The fraction of sp³-hybridized carbons (Fsp3) is 0.923. The Kier molecular flexibility index (Phi) is 10.8. The molecule has 1 unspecified atom stereocenters. The summed E-state index contributed by atoms with van der Waals surface area (Å²) in [7, 11) is 1.83. The molecule has 1 fully saturated rings. The molecule has 108 valence electrons. The largest absolute Gasteiger partial charge is 0.356 e. The van der Waals surface area contributed by atoms with Gasteiger partial charge in [0.05, 0.1) is 0 Å². The van der Waals surface area contributed by atoms with Crippen LogP contribution in [-0.4, -0.2) is 50.6 Å². The molecule has 2 N–H and O–H groups in total. The van der Waals surface area contributed by atoms with E-state index in [0.29, 0.717) is 5.92 Å². The van der Waals surface area contributed by atoms with Gasteiger partial charge in [-0.3, -0.25) is 4.99 Å². The Morgan fingerprint density at radius 2 is 1.94 bits per heavy atom. The second kappa shape index (κ2) is 10.8. The van der Waals surface area contributed by atoms with Crippen LogP contribution in [0.1, 0.15) is 33.1 Å². The van der Waals surface area contributed by atoms with Crippen LogP contribution in [0.4, 0.5) is 0 Å². The van der Waals surface area contributed by atoms with Crippen molar-refractivity contribution in [2.24, 2.45) is 10.9 Å². The summed E-state index contributed by atoms with van der Waals surface area (Å²) in [6, 6.07) is 0. The summed E-state index contributed by atoms with van der Waals surface area (Å²) in [6.45, 7) is 10.2. The van der Waals surface area contributed by atoms with E-state index in [-0.39, 0.29) is 24.0 Å². The van der Waals surface area contributed by atoms with Crippen LogP contribution >= 0.6 is 24.0 Å². The highest BCUT2D eigenvalue weighted by Gasteiger charge is 2.14. The molecular formula is C13H29IN4. The lowest BCUT2D eigenvalue weighted by atomic mass is 10.1. The van der Waals surface area contributed by atoms with E-state index in [1.54, 1.807) is 0 Å². The summed E-state index contributed by atoms with van der Waals surface area (Å²) in [5, 5.41) is 6.68. The number of likely N-dealkylation sites (tertiary alicyclic amines) is 1. The van der Waals surface area contributed by atoms with Crippen molar-refractivity contribution in [2.75, 3.05) is 39.8 Å². The molecule has 1 aliphatic heterocycles. The summed E-state index contributed by atoms with van der Waals surface area (Å²) in [5.41, 5.74) is 0. The van der Waals surface area contributed by atoms with E-state index in [1.807, 2.05) is 7.05 Å². The van der Waals surface area contributed by atoms with Crippen molar-refractivity contribution < 1.29 is 0 Å². The molecule has 1 aliphatic rings. The van der Waals surface area contributed by atoms with Crippen LogP contribution in [0.25, 0.3) is 0 Å². The van der Waals surface area contributed by atoms with Gasteiger partial charge in [0.25, 0.3) is 0 Å². The number of guanidine groups is 1. The molecule has 0 spiro atoms. The molecule has 1 saturated heterocycles. The Hall–Kier alpha value is -0.0400. The first kappa shape index (κ1) is 18.0. The monoisotopic (exact) mass is 368 g/mol. The maximum absolute atomic E-state index is 4.21. The highest BCUT2D eigenvalue weighted by molar-refractivity contribution is 14.0. The normalized spacial score (nSPS) is 18.3. The molecule has 1 heterocycles. The van der Waals surface area contributed by atoms with Gasteiger partial charge in [-0.25, -0.2) is 0 Å². The zero-order valence-corrected chi connectivity index (χ0v) is 14.4. The SMILES string of the molecule is CCCNC(=NC)NCC(C)CN1CCCC1.I. The fourth-order valence-electron chi connectivity index (χ4n) is 2.21. The van der Waals surface area contributed by atoms with Gasteiger partial charge in [-0.1, -0.05) is 13.8 Å². The molecule has 0 radical (unpaired) electrons. The first-order valence-corrected chi connectivity index (χ1v) is 6.93. The maximum Gasteiger partial charge on any atom is 0.190 e. The highest BCUT2D eigenvalue weighted by atomic mass is 127. The lowest BCUT2D eigenvalue weighted by Gasteiger charge is -2.21. The highest BCUT2D eigenvalue weighted by Crippen LogP contribution is 2.09. The molecule has 0 bridgehead atoms. The number of nitrogens with one attached hydrogen (secondary N) is 2. The van der Waals surface area contributed by atoms with Crippen LogP contribution in [0, 0.1) is 5.92 Å². The standard InChI is InChI=1S/C13H28N4.HI/c1-4-7-15-13(14-3)16-10-12(2)11-17-8-5-6-9-17;/h12H,4-11H2,1-3H3,(H2,14,15,16);1H. The van der Waals surface area contributed by atoms with Crippen LogP contribution in [0.5, 0.6) is 0 Å². The van der Waals surface area contributed by atoms with E-state index in [9.17, 15) is 0 Å². The molecule has 5 heteroatoms. The number of hydrogen-bond acceptors (Lipinski definition) is 2. The van der Waals surface area contributed by atoms with Crippen LogP contribution in [-0.2, 0) is 0 Å².